The first-order chi connectivity index (χ1) is 12.4. The Morgan fingerprint density at radius 2 is 1.81 bits per heavy atom. The van der Waals surface area contributed by atoms with Crippen LogP contribution in [0.2, 0.25) is 0 Å². The smallest absolute Gasteiger partial charge is 0.376 e. The van der Waals surface area contributed by atoms with Gasteiger partial charge in [0.05, 0.1) is 10.6 Å². The van der Waals surface area contributed by atoms with E-state index in [1.807, 2.05) is 0 Å². The van der Waals surface area contributed by atoms with Gasteiger partial charge in [0.15, 0.2) is 5.60 Å². The number of benzene rings is 1. The second-order valence-corrected chi connectivity index (χ2v) is 9.04. The number of nitrogens with zero attached hydrogens (tertiary/aromatic N) is 3. The molecule has 3 rings (SSSR count). The fraction of sp³-hybridized carbons (Fsp3) is 0.250. The lowest BCUT2D eigenvalue weighted by Gasteiger charge is -2.26. The summed E-state index contributed by atoms with van der Waals surface area (Å²) in [6.07, 6.45) is -1.75. The summed E-state index contributed by atoms with van der Waals surface area (Å²) in [6, 6.07) is 5.64. The van der Waals surface area contributed by atoms with Crippen LogP contribution in [0.4, 0.5) is 13.2 Å². The first-order valence-corrected chi connectivity index (χ1v) is 9.87. The van der Waals surface area contributed by atoms with E-state index in [1.54, 1.807) is 12.3 Å². The molecule has 144 valence electrons. The molecular formula is C16H14F3N3O3S2. The average Bonchev–Trinajstić information content (AvgIpc) is 3.23. The second-order valence-electron chi connectivity index (χ2n) is 5.92. The predicted molar refractivity (Wildman–Crippen MR) is 91.5 cm³/mol. The molecule has 0 spiro atoms. The lowest BCUT2D eigenvalue weighted by atomic mass is 9.96. The van der Waals surface area contributed by atoms with Gasteiger partial charge in [-0.3, -0.25) is 0 Å². The quantitative estimate of drug-likeness (QED) is 0.705. The lowest BCUT2D eigenvalue weighted by Crippen LogP contribution is -2.39. The number of aliphatic hydroxyl groups is 1. The molecular weight excluding hydrogens is 403 g/mol. The molecule has 0 aliphatic rings. The molecule has 0 bridgehead atoms. The Morgan fingerprint density at radius 1 is 1.19 bits per heavy atom. The summed E-state index contributed by atoms with van der Waals surface area (Å²) in [5, 5.41) is 14.0. The minimum absolute atomic E-state index is 0.0247. The van der Waals surface area contributed by atoms with Crippen molar-refractivity contribution in [2.24, 2.45) is 0 Å². The minimum atomic E-state index is -4.89. The first-order valence-electron chi connectivity index (χ1n) is 7.57. The van der Waals surface area contributed by atoms with E-state index < -0.39 is 27.2 Å². The van der Waals surface area contributed by atoms with Gasteiger partial charge in [0.25, 0.3) is 0 Å². The van der Waals surface area contributed by atoms with Gasteiger partial charge in [-0.25, -0.2) is 18.1 Å². The zero-order valence-electron chi connectivity index (χ0n) is 14.1. The van der Waals surface area contributed by atoms with Gasteiger partial charge < -0.3 is 5.11 Å². The van der Waals surface area contributed by atoms with Crippen molar-refractivity contribution in [1.29, 1.82) is 0 Å². The molecule has 1 atom stereocenters. The molecule has 0 fully saturated rings. The van der Waals surface area contributed by atoms with Crippen molar-refractivity contribution in [3.63, 3.8) is 0 Å². The van der Waals surface area contributed by atoms with E-state index in [0.717, 1.165) is 35.6 Å². The highest BCUT2D eigenvalue weighted by molar-refractivity contribution is 7.93. The van der Waals surface area contributed by atoms with Gasteiger partial charge in [-0.15, -0.1) is 0 Å². The van der Waals surface area contributed by atoms with Gasteiger partial charge in [-0.2, -0.15) is 18.3 Å². The van der Waals surface area contributed by atoms with Crippen molar-refractivity contribution < 1.29 is 26.7 Å². The molecule has 0 radical (unpaired) electrons. The van der Waals surface area contributed by atoms with Gasteiger partial charge >= 0.3 is 6.18 Å². The number of alkyl halides is 3. The molecule has 1 aromatic carbocycles. The van der Waals surface area contributed by atoms with Crippen LogP contribution in [0.15, 0.2) is 51.8 Å². The van der Waals surface area contributed by atoms with Crippen LogP contribution >= 0.6 is 11.3 Å². The van der Waals surface area contributed by atoms with Crippen molar-refractivity contribution in [2.45, 2.75) is 34.7 Å². The molecule has 0 saturated carbocycles. The fourth-order valence-corrected chi connectivity index (χ4v) is 5.16. The Labute approximate surface area is 156 Å². The number of rotatable bonds is 4. The number of halogens is 3. The Hall–Kier alpha value is -2.24. The van der Waals surface area contributed by atoms with E-state index in [9.17, 15) is 26.7 Å². The third kappa shape index (κ3) is 3.37. The van der Waals surface area contributed by atoms with Crippen LogP contribution in [0.3, 0.4) is 0 Å². The number of thiazole rings is 1. The molecule has 1 N–H and O–H groups in total. The monoisotopic (exact) mass is 417 g/mol. The summed E-state index contributed by atoms with van der Waals surface area (Å²) in [6.45, 7) is 2.14. The van der Waals surface area contributed by atoms with Crippen LogP contribution in [-0.4, -0.2) is 34.5 Å². The third-order valence-electron chi connectivity index (χ3n) is 3.97. The molecule has 11 heteroatoms. The minimum Gasteiger partial charge on any atom is -0.376 e. The fourth-order valence-electron chi connectivity index (χ4n) is 2.33. The van der Waals surface area contributed by atoms with Crippen LogP contribution in [0.25, 0.3) is 5.13 Å². The summed E-state index contributed by atoms with van der Waals surface area (Å²) in [5.41, 5.74) is -3.27. The normalized spacial score (nSPS) is 14.9. The zero-order valence-corrected chi connectivity index (χ0v) is 15.7. The van der Waals surface area contributed by atoms with Crippen LogP contribution in [0, 0.1) is 6.92 Å². The molecule has 0 amide bonds. The van der Waals surface area contributed by atoms with Gasteiger partial charge in [-0.1, -0.05) is 23.5 Å². The van der Waals surface area contributed by atoms with Crippen molar-refractivity contribution in [3.05, 3.63) is 54.0 Å². The molecule has 1 unspecified atom stereocenters. The maximum Gasteiger partial charge on any atom is 0.421 e. The summed E-state index contributed by atoms with van der Waals surface area (Å²) in [5.74, 6) is 0. The van der Waals surface area contributed by atoms with Crippen LogP contribution in [-0.2, 0) is 15.4 Å². The van der Waals surface area contributed by atoms with E-state index >= 15 is 0 Å². The first kappa shape index (κ1) is 19.5. The van der Waals surface area contributed by atoms with Crippen LogP contribution < -0.4 is 0 Å². The Kier molecular flexibility index (Phi) is 4.65. The Bertz CT molecular complexity index is 1050. The maximum atomic E-state index is 12.9. The second kappa shape index (κ2) is 6.43. The van der Waals surface area contributed by atoms with Gasteiger partial charge in [0.1, 0.15) is 4.21 Å². The van der Waals surface area contributed by atoms with E-state index in [-0.39, 0.29) is 14.8 Å². The Morgan fingerprint density at radius 3 is 2.33 bits per heavy atom. The van der Waals surface area contributed by atoms with E-state index in [2.05, 4.69) is 10.1 Å². The summed E-state index contributed by atoms with van der Waals surface area (Å²) in [7, 11) is -3.99. The van der Waals surface area contributed by atoms with Gasteiger partial charge in [0.2, 0.25) is 15.0 Å². The molecule has 6 nitrogen and oxygen atoms in total. The van der Waals surface area contributed by atoms with Gasteiger partial charge in [0, 0.05) is 12.4 Å². The average molecular weight is 417 g/mol. The summed E-state index contributed by atoms with van der Waals surface area (Å²) >= 11 is 0.905. The lowest BCUT2D eigenvalue weighted by molar-refractivity contribution is -0.258. The van der Waals surface area contributed by atoms with Crippen molar-refractivity contribution in [3.8, 4) is 5.13 Å². The number of hydrogen-bond acceptors (Lipinski definition) is 6. The number of aryl methyl sites for hydroxylation is 1. The molecule has 2 aromatic heterocycles. The van der Waals surface area contributed by atoms with E-state index in [0.29, 0.717) is 12.1 Å². The maximum absolute atomic E-state index is 12.9. The SMILES string of the molecule is Cc1nc(-n2cccn2)sc1S(=O)(=O)c1ccc(C(C)(O)C(F)(F)F)cc1. The van der Waals surface area contributed by atoms with Crippen molar-refractivity contribution >= 4 is 21.2 Å². The van der Waals surface area contributed by atoms with E-state index in [1.165, 1.54) is 17.8 Å². The Balaban J connectivity index is 1.99. The third-order valence-corrected chi connectivity index (χ3v) is 7.49. The molecule has 0 saturated heterocycles. The van der Waals surface area contributed by atoms with Crippen molar-refractivity contribution in [1.82, 2.24) is 14.8 Å². The molecule has 3 aromatic rings. The number of aromatic nitrogens is 3. The highest BCUT2D eigenvalue weighted by atomic mass is 32.2. The molecule has 0 aliphatic heterocycles. The number of hydrogen-bond donors (Lipinski definition) is 1. The highest BCUT2D eigenvalue weighted by Gasteiger charge is 2.51. The topological polar surface area (TPSA) is 85.1 Å². The molecule has 2 heterocycles. The molecule has 0 aliphatic carbocycles. The summed E-state index contributed by atoms with van der Waals surface area (Å²) < 4.78 is 65.9. The highest BCUT2D eigenvalue weighted by Crippen LogP contribution is 2.39. The zero-order chi connectivity index (χ0) is 20.0. The standard InChI is InChI=1S/C16H14F3N3O3S2/c1-10-13(26-14(21-10)22-9-3-8-20-22)27(24,25)12-6-4-11(5-7-12)15(2,23)16(17,18)19/h3-9,23H,1-2H3. The van der Waals surface area contributed by atoms with Crippen molar-refractivity contribution in [2.75, 3.05) is 0 Å². The van der Waals surface area contributed by atoms with Crippen LogP contribution in [0.5, 0.6) is 0 Å². The van der Waals surface area contributed by atoms with Crippen LogP contribution in [0.1, 0.15) is 18.2 Å². The molecule has 27 heavy (non-hydrogen) atoms. The van der Waals surface area contributed by atoms with Gasteiger partial charge in [-0.05, 0) is 37.6 Å². The summed E-state index contributed by atoms with van der Waals surface area (Å²) in [4.78, 5) is 3.99. The predicted octanol–water partition coefficient (Wildman–Crippen LogP) is 3.24. The van der Waals surface area contributed by atoms with E-state index in [4.69, 9.17) is 0 Å². The number of sulfone groups is 1. The largest absolute Gasteiger partial charge is 0.421 e.